The molecule has 0 unspecified atom stereocenters. The Hall–Kier alpha value is -1.74. The summed E-state index contributed by atoms with van der Waals surface area (Å²) in [7, 11) is -3.80. The second-order valence-corrected chi connectivity index (χ2v) is 8.10. The zero-order chi connectivity index (χ0) is 19.7. The largest absolute Gasteiger partial charge is 0.351 e. The number of nitro groups is 1. The highest BCUT2D eigenvalue weighted by Crippen LogP contribution is 2.30. The van der Waals surface area contributed by atoms with Gasteiger partial charge in [0.2, 0.25) is 15.8 Å². The zero-order valence-electron chi connectivity index (χ0n) is 16.1. The van der Waals surface area contributed by atoms with Gasteiger partial charge in [-0.2, -0.15) is 4.31 Å². The predicted octanol–water partition coefficient (Wildman–Crippen LogP) is 3.43. The average molecular weight is 387 g/mol. The molecule has 1 rings (SSSR count). The van der Waals surface area contributed by atoms with Crippen molar-refractivity contribution in [3.8, 4) is 0 Å². The van der Waals surface area contributed by atoms with Crippen molar-refractivity contribution in [1.29, 1.82) is 0 Å². The molecule has 0 saturated carbocycles. The van der Waals surface area contributed by atoms with E-state index in [1.165, 1.54) is 10.5 Å². The number of pyridine rings is 1. The summed E-state index contributed by atoms with van der Waals surface area (Å²) in [6.07, 6.45) is 4.23. The van der Waals surface area contributed by atoms with Crippen LogP contribution in [0.15, 0.2) is 17.2 Å². The number of hydrogen-bond donors (Lipinski definition) is 0. The lowest BCUT2D eigenvalue weighted by Gasteiger charge is -2.24. The Labute approximate surface area is 156 Å². The smallest absolute Gasteiger partial charge is 0.312 e. The van der Waals surface area contributed by atoms with Crippen LogP contribution in [0, 0.1) is 10.1 Å². The van der Waals surface area contributed by atoms with Crippen molar-refractivity contribution in [1.82, 2.24) is 9.29 Å². The second-order valence-electron chi connectivity index (χ2n) is 6.16. The average Bonchev–Trinajstić information content (AvgIpc) is 2.60. The van der Waals surface area contributed by atoms with Crippen molar-refractivity contribution in [2.45, 2.75) is 58.3 Å². The van der Waals surface area contributed by atoms with Crippen LogP contribution in [0.25, 0.3) is 0 Å². The molecule has 0 fully saturated rings. The molecule has 0 aliphatic rings. The van der Waals surface area contributed by atoms with Crippen LogP contribution in [0.3, 0.4) is 0 Å². The van der Waals surface area contributed by atoms with Crippen LogP contribution < -0.4 is 4.90 Å². The van der Waals surface area contributed by atoms with E-state index in [9.17, 15) is 18.5 Å². The van der Waals surface area contributed by atoms with E-state index in [4.69, 9.17) is 0 Å². The van der Waals surface area contributed by atoms with E-state index in [0.29, 0.717) is 39.0 Å². The zero-order valence-corrected chi connectivity index (χ0v) is 17.0. The van der Waals surface area contributed by atoms with Crippen LogP contribution >= 0.6 is 0 Å². The first-order valence-corrected chi connectivity index (χ1v) is 10.7. The lowest BCUT2D eigenvalue weighted by Crippen LogP contribution is -2.33. The Balaban J connectivity index is 3.39. The van der Waals surface area contributed by atoms with Crippen molar-refractivity contribution in [3.05, 3.63) is 22.4 Å². The van der Waals surface area contributed by atoms with E-state index in [-0.39, 0.29) is 16.4 Å². The first-order chi connectivity index (χ1) is 12.3. The lowest BCUT2D eigenvalue weighted by atomic mass is 10.3. The van der Waals surface area contributed by atoms with Crippen LogP contribution in [0.5, 0.6) is 0 Å². The maximum absolute atomic E-state index is 12.9. The molecular formula is C17H30N4O4S. The highest BCUT2D eigenvalue weighted by atomic mass is 32.2. The highest BCUT2D eigenvalue weighted by molar-refractivity contribution is 7.89. The Morgan fingerprint density at radius 2 is 1.50 bits per heavy atom. The number of sulfonamides is 1. The summed E-state index contributed by atoms with van der Waals surface area (Å²) in [6.45, 7) is 9.79. The fourth-order valence-corrected chi connectivity index (χ4v) is 4.40. The quantitative estimate of drug-likeness (QED) is 0.403. The van der Waals surface area contributed by atoms with Gasteiger partial charge in [-0.1, -0.05) is 27.7 Å². The molecule has 1 aromatic heterocycles. The van der Waals surface area contributed by atoms with Gasteiger partial charge in [0.1, 0.15) is 4.90 Å². The first-order valence-electron chi connectivity index (χ1n) is 9.22. The van der Waals surface area contributed by atoms with Crippen LogP contribution in [0.2, 0.25) is 0 Å². The summed E-state index contributed by atoms with van der Waals surface area (Å²) in [5.41, 5.74) is -0.263. The molecule has 26 heavy (non-hydrogen) atoms. The van der Waals surface area contributed by atoms with Gasteiger partial charge in [-0.15, -0.1) is 0 Å². The summed E-state index contributed by atoms with van der Waals surface area (Å²) in [5.74, 6) is 0.232. The first kappa shape index (κ1) is 22.3. The van der Waals surface area contributed by atoms with Gasteiger partial charge >= 0.3 is 5.69 Å². The molecule has 1 aromatic rings. The number of nitrogens with zero attached hydrogens (tertiary/aromatic N) is 4. The normalized spacial score (nSPS) is 11.7. The van der Waals surface area contributed by atoms with Gasteiger partial charge < -0.3 is 4.90 Å². The second kappa shape index (κ2) is 10.4. The molecule has 0 radical (unpaired) electrons. The molecule has 0 bridgehead atoms. The molecule has 0 aliphatic carbocycles. The summed E-state index contributed by atoms with van der Waals surface area (Å²) >= 11 is 0. The minimum absolute atomic E-state index is 0.122. The van der Waals surface area contributed by atoms with Crippen LogP contribution in [-0.2, 0) is 10.0 Å². The van der Waals surface area contributed by atoms with E-state index in [0.717, 1.165) is 18.9 Å². The lowest BCUT2D eigenvalue weighted by molar-refractivity contribution is -0.384. The number of anilines is 1. The van der Waals surface area contributed by atoms with Gasteiger partial charge in [0.05, 0.1) is 4.92 Å². The van der Waals surface area contributed by atoms with Crippen molar-refractivity contribution >= 4 is 21.5 Å². The van der Waals surface area contributed by atoms with Gasteiger partial charge in [0, 0.05) is 38.4 Å². The van der Waals surface area contributed by atoms with E-state index in [2.05, 4.69) is 4.98 Å². The SMILES string of the molecule is CCCN(CCC)c1ncc(S(=O)(=O)N(CCC)CCC)cc1[N+](=O)[O-]. The van der Waals surface area contributed by atoms with Gasteiger partial charge in [-0.05, 0) is 25.7 Å². The van der Waals surface area contributed by atoms with E-state index < -0.39 is 14.9 Å². The molecule has 0 atom stereocenters. The number of hydrogen-bond acceptors (Lipinski definition) is 6. The van der Waals surface area contributed by atoms with Crippen molar-refractivity contribution < 1.29 is 13.3 Å². The maximum atomic E-state index is 12.9. The highest BCUT2D eigenvalue weighted by Gasteiger charge is 2.29. The predicted molar refractivity (Wildman–Crippen MR) is 103 cm³/mol. The van der Waals surface area contributed by atoms with Crippen LogP contribution in [-0.4, -0.2) is 48.8 Å². The van der Waals surface area contributed by atoms with Gasteiger partial charge in [0.15, 0.2) is 0 Å². The van der Waals surface area contributed by atoms with E-state index >= 15 is 0 Å². The number of aromatic nitrogens is 1. The molecule has 9 heteroatoms. The van der Waals surface area contributed by atoms with Gasteiger partial charge in [-0.3, -0.25) is 10.1 Å². The summed E-state index contributed by atoms with van der Waals surface area (Å²) in [5, 5.41) is 11.6. The Kier molecular flexibility index (Phi) is 8.94. The van der Waals surface area contributed by atoms with E-state index in [1.807, 2.05) is 32.6 Å². The van der Waals surface area contributed by atoms with Crippen LogP contribution in [0.4, 0.5) is 11.5 Å². The van der Waals surface area contributed by atoms with Gasteiger partial charge in [-0.25, -0.2) is 13.4 Å². The molecule has 0 amide bonds. The minimum atomic E-state index is -3.80. The van der Waals surface area contributed by atoms with Crippen LogP contribution in [0.1, 0.15) is 53.4 Å². The third kappa shape index (κ3) is 5.38. The molecule has 1 heterocycles. The summed E-state index contributed by atoms with van der Waals surface area (Å²) < 4.78 is 27.1. The summed E-state index contributed by atoms with van der Waals surface area (Å²) in [4.78, 5) is 16.9. The minimum Gasteiger partial charge on any atom is -0.351 e. The Bertz CT molecular complexity index is 682. The molecule has 8 nitrogen and oxygen atoms in total. The molecule has 0 saturated heterocycles. The van der Waals surface area contributed by atoms with Gasteiger partial charge in [0.25, 0.3) is 0 Å². The van der Waals surface area contributed by atoms with E-state index in [1.54, 1.807) is 0 Å². The Morgan fingerprint density at radius 1 is 1.00 bits per heavy atom. The fourth-order valence-electron chi connectivity index (χ4n) is 2.81. The molecule has 148 valence electrons. The topological polar surface area (TPSA) is 96.7 Å². The molecule has 0 N–H and O–H groups in total. The number of rotatable bonds is 12. The molecule has 0 aliphatic heterocycles. The maximum Gasteiger partial charge on any atom is 0.312 e. The monoisotopic (exact) mass is 386 g/mol. The molecule has 0 spiro atoms. The standard InChI is InChI=1S/C17H30N4O4S/c1-5-9-19(10-6-2)17-16(21(22)23)13-15(14-18-17)26(24,25)20(11-7-3)12-8-4/h13-14H,5-12H2,1-4H3. The molecular weight excluding hydrogens is 356 g/mol. The third-order valence-corrected chi connectivity index (χ3v) is 5.75. The fraction of sp³-hybridized carbons (Fsp3) is 0.706. The van der Waals surface area contributed by atoms with Crippen molar-refractivity contribution in [2.75, 3.05) is 31.1 Å². The van der Waals surface area contributed by atoms with Crippen molar-refractivity contribution in [2.24, 2.45) is 0 Å². The Morgan fingerprint density at radius 3 is 1.92 bits per heavy atom. The third-order valence-electron chi connectivity index (χ3n) is 3.89. The van der Waals surface area contributed by atoms with Crippen molar-refractivity contribution in [3.63, 3.8) is 0 Å². The summed E-state index contributed by atoms with van der Waals surface area (Å²) in [6, 6.07) is 1.15. The molecule has 0 aromatic carbocycles.